The van der Waals surface area contributed by atoms with Crippen molar-refractivity contribution < 1.29 is 22.7 Å². The minimum Gasteiger partial charge on any atom is -0.388 e. The van der Waals surface area contributed by atoms with Gasteiger partial charge in [0.25, 0.3) is 0 Å². The van der Waals surface area contributed by atoms with Crippen LogP contribution in [0.3, 0.4) is 0 Å². The molecule has 1 heterocycles. The molecule has 2 N–H and O–H groups in total. The van der Waals surface area contributed by atoms with Gasteiger partial charge in [0.05, 0.1) is 22.9 Å². The molecule has 1 aliphatic rings. The quantitative estimate of drug-likeness (QED) is 0.407. The second-order valence-corrected chi connectivity index (χ2v) is 8.75. The largest absolute Gasteiger partial charge is 0.394 e. The van der Waals surface area contributed by atoms with Crippen molar-refractivity contribution in [3.8, 4) is 11.3 Å². The molecule has 1 aromatic carbocycles. The second-order valence-electron chi connectivity index (χ2n) is 8.75. The standard InChI is InChI=1S/C24H28F4N2O.C2H6/c1-16(14-23(10-11-23)24(26,27)28)17(2)29-13-12-22(3,31)19-6-4-18(5-7-19)21-9-8-20(25)15-30-21;1-2/h4-9,15,29,31H,10-14H2,1-3H3;1-2H3/b17-16+;. The van der Waals surface area contributed by atoms with Crippen LogP contribution in [-0.2, 0) is 5.60 Å². The van der Waals surface area contributed by atoms with Gasteiger partial charge in [-0.05, 0) is 64.2 Å². The number of hydrogen-bond acceptors (Lipinski definition) is 3. The van der Waals surface area contributed by atoms with E-state index in [0.29, 0.717) is 29.8 Å². The average Bonchev–Trinajstić information content (AvgIpc) is 3.56. The van der Waals surface area contributed by atoms with E-state index in [1.165, 1.54) is 6.07 Å². The Morgan fingerprint density at radius 1 is 1.06 bits per heavy atom. The number of nitrogens with one attached hydrogen (secondary N) is 1. The van der Waals surface area contributed by atoms with Gasteiger partial charge in [0.1, 0.15) is 5.82 Å². The summed E-state index contributed by atoms with van der Waals surface area (Å²) in [5.74, 6) is -0.402. The highest BCUT2D eigenvalue weighted by molar-refractivity contribution is 5.59. The highest BCUT2D eigenvalue weighted by Crippen LogP contribution is 2.61. The van der Waals surface area contributed by atoms with Gasteiger partial charge in [-0.25, -0.2) is 4.39 Å². The van der Waals surface area contributed by atoms with Crippen molar-refractivity contribution in [2.45, 2.75) is 72.1 Å². The molecule has 1 saturated carbocycles. The number of halogens is 4. The fourth-order valence-corrected chi connectivity index (χ4v) is 3.69. The lowest BCUT2D eigenvalue weighted by Gasteiger charge is -2.25. The molecule has 1 aromatic heterocycles. The summed E-state index contributed by atoms with van der Waals surface area (Å²) in [6.45, 7) is 9.64. The Labute approximate surface area is 193 Å². The SMILES string of the molecule is C/C(CC1(C(F)(F)F)CC1)=C(/C)NCCC(C)(O)c1ccc(-c2ccc(F)cn2)cc1.CC. The molecule has 2 aromatic rings. The molecule has 182 valence electrons. The highest BCUT2D eigenvalue weighted by atomic mass is 19.4. The van der Waals surface area contributed by atoms with Crippen LogP contribution in [0.25, 0.3) is 11.3 Å². The fourth-order valence-electron chi connectivity index (χ4n) is 3.69. The number of hydrogen-bond donors (Lipinski definition) is 2. The van der Waals surface area contributed by atoms with E-state index in [1.54, 1.807) is 39.0 Å². The third-order valence-electron chi connectivity index (χ3n) is 6.23. The van der Waals surface area contributed by atoms with Crippen LogP contribution >= 0.6 is 0 Å². The van der Waals surface area contributed by atoms with Crippen LogP contribution < -0.4 is 5.32 Å². The lowest BCUT2D eigenvalue weighted by molar-refractivity contribution is -0.186. The van der Waals surface area contributed by atoms with E-state index in [-0.39, 0.29) is 19.3 Å². The summed E-state index contributed by atoms with van der Waals surface area (Å²) in [6.07, 6.45) is -2.21. The minimum atomic E-state index is -4.16. The molecule has 0 aliphatic heterocycles. The number of aromatic nitrogens is 1. The molecule has 0 saturated heterocycles. The molecule has 1 atom stereocenters. The maximum atomic E-state index is 13.2. The predicted molar refractivity (Wildman–Crippen MR) is 124 cm³/mol. The normalized spacial score (nSPS) is 17.3. The molecule has 3 rings (SSSR count). The lowest BCUT2D eigenvalue weighted by Crippen LogP contribution is -2.28. The summed E-state index contributed by atoms with van der Waals surface area (Å²) in [7, 11) is 0. The zero-order valence-electron chi connectivity index (χ0n) is 20.0. The summed E-state index contributed by atoms with van der Waals surface area (Å²) in [5, 5.41) is 14.0. The minimum absolute atomic E-state index is 0.0185. The van der Waals surface area contributed by atoms with E-state index >= 15 is 0 Å². The number of aliphatic hydroxyl groups is 1. The van der Waals surface area contributed by atoms with E-state index in [2.05, 4.69) is 10.3 Å². The van der Waals surface area contributed by atoms with Gasteiger partial charge in [0, 0.05) is 17.8 Å². The topological polar surface area (TPSA) is 45.1 Å². The van der Waals surface area contributed by atoms with E-state index in [4.69, 9.17) is 0 Å². The van der Waals surface area contributed by atoms with Crippen molar-refractivity contribution in [1.29, 1.82) is 0 Å². The Balaban J connectivity index is 0.00000187. The molecule has 0 spiro atoms. The summed E-state index contributed by atoms with van der Waals surface area (Å²) in [5.41, 5.74) is 0.928. The number of allylic oxidation sites excluding steroid dienone is 2. The predicted octanol–water partition coefficient (Wildman–Crippen LogP) is 7.13. The fraction of sp³-hybridized carbons (Fsp3) is 0.500. The molecule has 0 amide bonds. The second kappa shape index (κ2) is 10.7. The van der Waals surface area contributed by atoms with E-state index < -0.39 is 23.0 Å². The Morgan fingerprint density at radius 2 is 1.67 bits per heavy atom. The van der Waals surface area contributed by atoms with Crippen LogP contribution in [0.5, 0.6) is 0 Å². The zero-order valence-corrected chi connectivity index (χ0v) is 20.0. The summed E-state index contributed by atoms with van der Waals surface area (Å²) < 4.78 is 52.5. The number of alkyl halides is 3. The van der Waals surface area contributed by atoms with E-state index in [1.807, 2.05) is 26.0 Å². The molecule has 0 radical (unpaired) electrons. The molecule has 0 bridgehead atoms. The Bertz CT molecular complexity index is 928. The smallest absolute Gasteiger partial charge is 0.388 e. The first kappa shape index (κ1) is 26.8. The van der Waals surface area contributed by atoms with Gasteiger partial charge in [-0.1, -0.05) is 43.7 Å². The summed E-state index contributed by atoms with van der Waals surface area (Å²) >= 11 is 0. The third-order valence-corrected chi connectivity index (χ3v) is 6.23. The van der Waals surface area contributed by atoms with Gasteiger partial charge in [0.2, 0.25) is 0 Å². The van der Waals surface area contributed by atoms with Gasteiger partial charge < -0.3 is 10.4 Å². The van der Waals surface area contributed by atoms with E-state index in [9.17, 15) is 22.7 Å². The van der Waals surface area contributed by atoms with Crippen LogP contribution in [0.15, 0.2) is 53.9 Å². The van der Waals surface area contributed by atoms with Crippen LogP contribution in [0.1, 0.15) is 65.9 Å². The highest BCUT2D eigenvalue weighted by Gasteiger charge is 2.62. The Hall–Kier alpha value is -2.41. The van der Waals surface area contributed by atoms with Crippen molar-refractivity contribution >= 4 is 0 Å². The number of nitrogens with zero attached hydrogens (tertiary/aromatic N) is 1. The van der Waals surface area contributed by atoms with Crippen LogP contribution in [0, 0.1) is 11.2 Å². The average molecular weight is 467 g/mol. The zero-order chi connectivity index (χ0) is 24.9. The molecule has 1 fully saturated rings. The Kier molecular flexibility index (Phi) is 8.69. The van der Waals surface area contributed by atoms with Crippen molar-refractivity contribution in [2.24, 2.45) is 5.41 Å². The number of benzene rings is 1. The lowest BCUT2D eigenvalue weighted by atomic mass is 9.91. The maximum Gasteiger partial charge on any atom is 0.394 e. The molecule has 1 aliphatic carbocycles. The monoisotopic (exact) mass is 466 g/mol. The van der Waals surface area contributed by atoms with Crippen molar-refractivity contribution in [3.63, 3.8) is 0 Å². The maximum absolute atomic E-state index is 13.2. The molecular weight excluding hydrogens is 432 g/mol. The first-order chi connectivity index (χ1) is 15.4. The van der Waals surface area contributed by atoms with Crippen molar-refractivity contribution in [3.05, 3.63) is 65.2 Å². The van der Waals surface area contributed by atoms with Gasteiger partial charge in [-0.2, -0.15) is 13.2 Å². The first-order valence-corrected chi connectivity index (χ1v) is 11.4. The van der Waals surface area contributed by atoms with Gasteiger partial charge in [-0.3, -0.25) is 4.98 Å². The Morgan fingerprint density at radius 3 is 2.15 bits per heavy atom. The van der Waals surface area contributed by atoms with Gasteiger partial charge in [0.15, 0.2) is 0 Å². The van der Waals surface area contributed by atoms with Crippen LogP contribution in [-0.4, -0.2) is 22.8 Å². The van der Waals surface area contributed by atoms with Gasteiger partial charge in [-0.15, -0.1) is 0 Å². The van der Waals surface area contributed by atoms with Gasteiger partial charge >= 0.3 is 6.18 Å². The third kappa shape index (κ3) is 6.79. The number of rotatable bonds is 8. The van der Waals surface area contributed by atoms with Crippen molar-refractivity contribution in [2.75, 3.05) is 6.54 Å². The molecule has 3 nitrogen and oxygen atoms in total. The van der Waals surface area contributed by atoms with Crippen LogP contribution in [0.2, 0.25) is 0 Å². The summed E-state index contributed by atoms with van der Waals surface area (Å²) in [4.78, 5) is 4.05. The molecule has 33 heavy (non-hydrogen) atoms. The van der Waals surface area contributed by atoms with Crippen LogP contribution in [0.4, 0.5) is 17.6 Å². The van der Waals surface area contributed by atoms with E-state index in [0.717, 1.165) is 17.5 Å². The summed E-state index contributed by atoms with van der Waals surface area (Å²) in [6, 6.07) is 10.2. The molecule has 1 unspecified atom stereocenters. The van der Waals surface area contributed by atoms with Crippen molar-refractivity contribution in [1.82, 2.24) is 10.3 Å². The molecular formula is C26H34F4N2O. The first-order valence-electron chi connectivity index (χ1n) is 11.4. The molecule has 7 heteroatoms. The number of pyridine rings is 1.